The van der Waals surface area contributed by atoms with E-state index in [1.54, 1.807) is 0 Å². The van der Waals surface area contributed by atoms with Gasteiger partial charge in [-0.15, -0.1) is 0 Å². The first kappa shape index (κ1) is 14.8. The number of nitrogens with one attached hydrogen (secondary N) is 1. The van der Waals surface area contributed by atoms with Crippen LogP contribution < -0.4 is 5.32 Å². The monoisotopic (exact) mass is 280 g/mol. The third-order valence-electron chi connectivity index (χ3n) is 3.81. The second-order valence-corrected chi connectivity index (χ2v) is 5.95. The Morgan fingerprint density at radius 3 is 2.89 bits per heavy atom. The largest absolute Gasteiger partial charge is 0.316 e. The molecule has 0 radical (unpaired) electrons. The van der Waals surface area contributed by atoms with Gasteiger partial charge < -0.3 is 5.32 Å². The average molecular weight is 281 g/mol. The highest BCUT2D eigenvalue weighted by Gasteiger charge is 2.17. The average Bonchev–Trinajstić information content (AvgIpc) is 2.43. The molecular weight excluding hydrogens is 256 g/mol. The maximum atomic E-state index is 6.27. The summed E-state index contributed by atoms with van der Waals surface area (Å²) in [5.41, 5.74) is 1.25. The van der Waals surface area contributed by atoms with Gasteiger partial charge in [0, 0.05) is 18.1 Å². The fraction of sp³-hybridized carbons (Fsp3) is 0.625. The van der Waals surface area contributed by atoms with Crippen LogP contribution in [0.4, 0.5) is 0 Å². The Morgan fingerprint density at radius 2 is 2.21 bits per heavy atom. The summed E-state index contributed by atoms with van der Waals surface area (Å²) in [6.45, 7) is 7.92. The molecule has 106 valence electrons. The Kier molecular flexibility index (Phi) is 6.15. The lowest BCUT2D eigenvalue weighted by atomic mass is 9.98. The minimum Gasteiger partial charge on any atom is -0.316 e. The number of hydrogen-bond donors (Lipinski definition) is 1. The fourth-order valence-corrected chi connectivity index (χ4v) is 3.06. The van der Waals surface area contributed by atoms with E-state index in [1.807, 2.05) is 12.1 Å². The molecule has 1 fully saturated rings. The van der Waals surface area contributed by atoms with E-state index in [0.717, 1.165) is 24.0 Å². The van der Waals surface area contributed by atoms with E-state index < -0.39 is 0 Å². The zero-order valence-corrected chi connectivity index (χ0v) is 12.6. The van der Waals surface area contributed by atoms with Gasteiger partial charge >= 0.3 is 0 Å². The first-order valence-corrected chi connectivity index (χ1v) is 7.84. The van der Waals surface area contributed by atoms with Gasteiger partial charge in [0.2, 0.25) is 0 Å². The van der Waals surface area contributed by atoms with Crippen LogP contribution in [-0.4, -0.2) is 31.1 Å². The van der Waals surface area contributed by atoms with Gasteiger partial charge in [0.1, 0.15) is 0 Å². The second-order valence-electron chi connectivity index (χ2n) is 5.54. The van der Waals surface area contributed by atoms with Crippen molar-refractivity contribution in [2.45, 2.75) is 32.7 Å². The smallest absolute Gasteiger partial charge is 0.0451 e. The van der Waals surface area contributed by atoms with Crippen molar-refractivity contribution in [2.75, 3.05) is 26.2 Å². The topological polar surface area (TPSA) is 15.3 Å². The quantitative estimate of drug-likeness (QED) is 0.857. The molecule has 0 saturated carbocycles. The summed E-state index contributed by atoms with van der Waals surface area (Å²) in [6.07, 6.45) is 3.87. The Bertz CT molecular complexity index is 375. The van der Waals surface area contributed by atoms with Gasteiger partial charge in [-0.25, -0.2) is 0 Å². The van der Waals surface area contributed by atoms with Gasteiger partial charge in [0.15, 0.2) is 0 Å². The van der Waals surface area contributed by atoms with Gasteiger partial charge in [-0.2, -0.15) is 0 Å². The number of nitrogens with zero attached hydrogens (tertiary/aromatic N) is 1. The first-order valence-electron chi connectivity index (χ1n) is 7.46. The molecule has 1 N–H and O–H groups in total. The van der Waals surface area contributed by atoms with Crippen molar-refractivity contribution in [2.24, 2.45) is 5.92 Å². The zero-order valence-electron chi connectivity index (χ0n) is 11.9. The predicted octanol–water partition coefficient (Wildman–Crippen LogP) is 3.55. The van der Waals surface area contributed by atoms with Gasteiger partial charge in [-0.3, -0.25) is 4.90 Å². The molecule has 0 bridgehead atoms. The summed E-state index contributed by atoms with van der Waals surface area (Å²) in [5.74, 6) is 0.794. The summed E-state index contributed by atoms with van der Waals surface area (Å²) in [7, 11) is 0. The van der Waals surface area contributed by atoms with Crippen LogP contribution in [0.15, 0.2) is 24.3 Å². The summed E-state index contributed by atoms with van der Waals surface area (Å²) in [6, 6.07) is 8.21. The van der Waals surface area contributed by atoms with Crippen LogP contribution >= 0.6 is 11.6 Å². The molecule has 1 heterocycles. The van der Waals surface area contributed by atoms with Crippen LogP contribution in [0.3, 0.4) is 0 Å². The predicted molar refractivity (Wildman–Crippen MR) is 82.6 cm³/mol. The maximum Gasteiger partial charge on any atom is 0.0451 e. The van der Waals surface area contributed by atoms with Gasteiger partial charge in [-0.05, 0) is 56.4 Å². The van der Waals surface area contributed by atoms with E-state index in [-0.39, 0.29) is 0 Å². The van der Waals surface area contributed by atoms with Crippen LogP contribution in [0.1, 0.15) is 31.7 Å². The van der Waals surface area contributed by atoms with Crippen LogP contribution in [0, 0.1) is 5.92 Å². The Balaban J connectivity index is 1.93. The standard InChI is InChI=1S/C16H25ClN2/c1-2-10-19(12-14-6-5-9-18-11-14)13-15-7-3-4-8-16(15)17/h3-4,7-8,14,18H,2,5-6,9-13H2,1H3. The van der Waals surface area contributed by atoms with E-state index in [1.165, 1.54) is 44.5 Å². The Morgan fingerprint density at radius 1 is 1.37 bits per heavy atom. The van der Waals surface area contributed by atoms with Crippen molar-refractivity contribution < 1.29 is 0 Å². The van der Waals surface area contributed by atoms with E-state index in [0.29, 0.717) is 0 Å². The molecule has 19 heavy (non-hydrogen) atoms. The van der Waals surface area contributed by atoms with Crippen molar-refractivity contribution in [3.05, 3.63) is 34.9 Å². The molecule has 2 nitrogen and oxygen atoms in total. The number of hydrogen-bond acceptors (Lipinski definition) is 2. The third-order valence-corrected chi connectivity index (χ3v) is 4.18. The van der Waals surface area contributed by atoms with Crippen LogP contribution in [-0.2, 0) is 6.54 Å². The molecule has 3 heteroatoms. The van der Waals surface area contributed by atoms with Crippen molar-refractivity contribution in [1.82, 2.24) is 10.2 Å². The lowest BCUT2D eigenvalue weighted by Gasteiger charge is -2.30. The zero-order chi connectivity index (χ0) is 13.5. The van der Waals surface area contributed by atoms with Gasteiger partial charge in [0.25, 0.3) is 0 Å². The molecule has 0 aromatic heterocycles. The molecule has 0 spiro atoms. The van der Waals surface area contributed by atoms with Crippen molar-refractivity contribution >= 4 is 11.6 Å². The lowest BCUT2D eigenvalue weighted by Crippen LogP contribution is -2.38. The molecule has 1 aromatic carbocycles. The van der Waals surface area contributed by atoms with Crippen molar-refractivity contribution in [3.8, 4) is 0 Å². The molecule has 0 aliphatic carbocycles. The summed E-state index contributed by atoms with van der Waals surface area (Å²) >= 11 is 6.27. The van der Waals surface area contributed by atoms with Gasteiger partial charge in [0.05, 0.1) is 0 Å². The van der Waals surface area contributed by atoms with Crippen LogP contribution in [0.25, 0.3) is 0 Å². The number of benzene rings is 1. The highest BCUT2D eigenvalue weighted by molar-refractivity contribution is 6.31. The second kappa shape index (κ2) is 7.88. The SMILES string of the molecule is CCCN(Cc1ccccc1Cl)CC1CCCNC1. The highest BCUT2D eigenvalue weighted by Crippen LogP contribution is 2.19. The van der Waals surface area contributed by atoms with Crippen LogP contribution in [0.5, 0.6) is 0 Å². The van der Waals surface area contributed by atoms with Gasteiger partial charge in [-0.1, -0.05) is 36.7 Å². The first-order chi connectivity index (χ1) is 9.29. The molecule has 1 unspecified atom stereocenters. The van der Waals surface area contributed by atoms with E-state index >= 15 is 0 Å². The third kappa shape index (κ3) is 4.79. The Labute approximate surface area is 122 Å². The molecule has 1 saturated heterocycles. The highest BCUT2D eigenvalue weighted by atomic mass is 35.5. The normalized spacial score (nSPS) is 19.8. The fourth-order valence-electron chi connectivity index (χ4n) is 2.86. The lowest BCUT2D eigenvalue weighted by molar-refractivity contribution is 0.201. The molecule has 1 atom stereocenters. The molecule has 1 aliphatic heterocycles. The minimum absolute atomic E-state index is 0.794. The molecular formula is C16H25ClN2. The van der Waals surface area contributed by atoms with E-state index in [2.05, 4.69) is 29.3 Å². The van der Waals surface area contributed by atoms with Crippen molar-refractivity contribution in [3.63, 3.8) is 0 Å². The number of halogens is 1. The molecule has 2 rings (SSSR count). The van der Waals surface area contributed by atoms with Crippen molar-refractivity contribution in [1.29, 1.82) is 0 Å². The maximum absolute atomic E-state index is 6.27. The minimum atomic E-state index is 0.794. The van der Waals surface area contributed by atoms with E-state index in [9.17, 15) is 0 Å². The summed E-state index contributed by atoms with van der Waals surface area (Å²) < 4.78 is 0. The van der Waals surface area contributed by atoms with E-state index in [4.69, 9.17) is 11.6 Å². The molecule has 1 aliphatic rings. The Hall–Kier alpha value is -0.570. The summed E-state index contributed by atoms with van der Waals surface area (Å²) in [4.78, 5) is 2.55. The van der Waals surface area contributed by atoms with Crippen LogP contribution in [0.2, 0.25) is 5.02 Å². The molecule has 1 aromatic rings. The number of rotatable bonds is 6. The molecule has 0 amide bonds. The summed E-state index contributed by atoms with van der Waals surface area (Å²) in [5, 5.41) is 4.40. The number of piperidine rings is 1.